The molecule has 0 fully saturated rings. The molecule has 0 N–H and O–H groups in total. The Labute approximate surface area is 140 Å². The molecular formula is C18H20N2S2. The molecule has 0 aliphatic carbocycles. The van der Waals surface area contributed by atoms with Crippen molar-refractivity contribution in [1.82, 2.24) is 0 Å². The Hall–Kier alpha value is -1.26. The average molecular weight is 329 g/mol. The fraction of sp³-hybridized carbons (Fsp3) is 0.333. The molecule has 0 aromatic heterocycles. The quantitative estimate of drug-likeness (QED) is 0.734. The van der Waals surface area contributed by atoms with Crippen LogP contribution in [-0.4, -0.2) is 23.8 Å². The van der Waals surface area contributed by atoms with E-state index in [2.05, 4.69) is 86.3 Å². The summed E-state index contributed by atoms with van der Waals surface area (Å²) in [4.78, 5) is 7.58. The first-order valence-electron chi connectivity index (χ1n) is 7.51. The maximum atomic E-state index is 2.45. The number of fused-ring (bicyclic) bond motifs is 2. The molecule has 0 spiro atoms. The van der Waals surface area contributed by atoms with Crippen LogP contribution in [-0.2, 0) is 0 Å². The minimum absolute atomic E-state index is 0.0326. The first-order chi connectivity index (χ1) is 10.5. The Balaban J connectivity index is 1.80. The van der Waals surface area contributed by atoms with E-state index in [1.165, 1.54) is 21.2 Å². The zero-order chi connectivity index (χ0) is 15.5. The zero-order valence-electron chi connectivity index (χ0n) is 13.3. The van der Waals surface area contributed by atoms with Crippen LogP contribution in [0.15, 0.2) is 58.3 Å². The molecule has 0 saturated carbocycles. The van der Waals surface area contributed by atoms with Gasteiger partial charge in [-0.05, 0) is 38.1 Å². The third-order valence-electron chi connectivity index (χ3n) is 5.21. The summed E-state index contributed by atoms with van der Waals surface area (Å²) in [5.41, 5.74) is 2.67. The third-order valence-corrected chi connectivity index (χ3v) is 8.61. The minimum Gasteiger partial charge on any atom is -0.356 e. The summed E-state index contributed by atoms with van der Waals surface area (Å²) in [6.07, 6.45) is 0. The molecule has 2 aliphatic heterocycles. The summed E-state index contributed by atoms with van der Waals surface area (Å²) in [5, 5.41) is 0. The van der Waals surface area contributed by atoms with Gasteiger partial charge in [0.2, 0.25) is 0 Å². The topological polar surface area (TPSA) is 6.48 Å². The monoisotopic (exact) mass is 328 g/mol. The molecule has 22 heavy (non-hydrogen) atoms. The van der Waals surface area contributed by atoms with Crippen molar-refractivity contribution in [2.24, 2.45) is 0 Å². The molecule has 2 nitrogen and oxygen atoms in total. The first-order valence-corrected chi connectivity index (χ1v) is 9.14. The molecule has 4 heteroatoms. The van der Waals surface area contributed by atoms with E-state index in [0.29, 0.717) is 0 Å². The lowest BCUT2D eigenvalue weighted by molar-refractivity contribution is 0.476. The van der Waals surface area contributed by atoms with E-state index in [0.717, 1.165) is 0 Å². The van der Waals surface area contributed by atoms with Crippen molar-refractivity contribution in [3.05, 3.63) is 48.5 Å². The Morgan fingerprint density at radius 1 is 0.682 bits per heavy atom. The highest BCUT2D eigenvalue weighted by Gasteiger charge is 2.58. The van der Waals surface area contributed by atoms with Crippen LogP contribution in [0.4, 0.5) is 11.4 Å². The normalized spacial score (nSPS) is 29.6. The lowest BCUT2D eigenvalue weighted by Crippen LogP contribution is -2.60. The van der Waals surface area contributed by atoms with Crippen molar-refractivity contribution >= 4 is 34.9 Å². The molecule has 2 heterocycles. The highest BCUT2D eigenvalue weighted by Crippen LogP contribution is 2.63. The number of rotatable bonds is 1. The van der Waals surface area contributed by atoms with Crippen molar-refractivity contribution in [1.29, 1.82) is 0 Å². The molecule has 114 valence electrons. The molecule has 2 aromatic rings. The van der Waals surface area contributed by atoms with Gasteiger partial charge in [-0.15, -0.1) is 0 Å². The molecule has 4 rings (SSSR count). The number of hydrogen-bond acceptors (Lipinski definition) is 4. The average Bonchev–Trinajstić information content (AvgIpc) is 2.95. The Bertz CT molecular complexity index is 684. The van der Waals surface area contributed by atoms with Crippen molar-refractivity contribution < 1.29 is 0 Å². The number of hydrogen-bond donors (Lipinski definition) is 0. The molecule has 2 aliphatic rings. The largest absolute Gasteiger partial charge is 0.356 e. The molecule has 0 amide bonds. The van der Waals surface area contributed by atoms with Gasteiger partial charge >= 0.3 is 0 Å². The van der Waals surface area contributed by atoms with Crippen LogP contribution in [0.2, 0.25) is 0 Å². The van der Waals surface area contributed by atoms with Gasteiger partial charge in [-0.3, -0.25) is 0 Å². The summed E-state index contributed by atoms with van der Waals surface area (Å²) >= 11 is 3.96. The third kappa shape index (κ3) is 1.65. The number of benzene rings is 2. The molecule has 2 atom stereocenters. The number of thioether (sulfide) groups is 2. The standard InChI is InChI=1S/C18H20N2S2/c1-17(19(3)13-9-5-7-11-15(13)21-17)18(2)20(4)14-10-6-8-12-16(14)22-18/h5-12H,1-4H3/t17-,18+. The first kappa shape index (κ1) is 14.3. The second kappa shape index (κ2) is 4.62. The minimum atomic E-state index is -0.0326. The van der Waals surface area contributed by atoms with Crippen LogP contribution < -0.4 is 9.80 Å². The van der Waals surface area contributed by atoms with Gasteiger partial charge in [0.15, 0.2) is 0 Å². The fourth-order valence-corrected chi connectivity index (χ4v) is 6.62. The zero-order valence-corrected chi connectivity index (χ0v) is 15.0. The van der Waals surface area contributed by atoms with Gasteiger partial charge in [-0.1, -0.05) is 47.8 Å². The Kier molecular flexibility index (Phi) is 3.01. The summed E-state index contributed by atoms with van der Waals surface area (Å²) in [6.45, 7) is 4.74. The van der Waals surface area contributed by atoms with Gasteiger partial charge in [0.05, 0.1) is 11.4 Å². The summed E-state index contributed by atoms with van der Waals surface area (Å²) in [5.74, 6) is 0. The van der Waals surface area contributed by atoms with Gasteiger partial charge in [-0.2, -0.15) is 0 Å². The van der Waals surface area contributed by atoms with Crippen LogP contribution in [0.3, 0.4) is 0 Å². The highest BCUT2D eigenvalue weighted by atomic mass is 32.2. The predicted molar refractivity (Wildman–Crippen MR) is 98.2 cm³/mol. The molecule has 0 bridgehead atoms. The second-order valence-electron chi connectivity index (χ2n) is 6.22. The van der Waals surface area contributed by atoms with E-state index >= 15 is 0 Å². The van der Waals surface area contributed by atoms with Gasteiger partial charge < -0.3 is 9.80 Å². The van der Waals surface area contributed by atoms with Crippen molar-refractivity contribution in [3.8, 4) is 0 Å². The van der Waals surface area contributed by atoms with Crippen molar-refractivity contribution in [2.75, 3.05) is 23.9 Å². The van der Waals surface area contributed by atoms with Crippen molar-refractivity contribution in [2.45, 2.75) is 33.4 Å². The SMILES string of the molecule is CN1c2ccccc2S[C@]1(C)[C@]1(C)Sc2ccccc2N1C. The van der Waals surface area contributed by atoms with Gasteiger partial charge in [0.1, 0.15) is 9.74 Å². The lowest BCUT2D eigenvalue weighted by Gasteiger charge is -2.49. The van der Waals surface area contributed by atoms with E-state index in [-0.39, 0.29) is 9.74 Å². The molecular weight excluding hydrogens is 308 g/mol. The van der Waals surface area contributed by atoms with Crippen LogP contribution in [0.5, 0.6) is 0 Å². The van der Waals surface area contributed by atoms with Crippen molar-refractivity contribution in [3.63, 3.8) is 0 Å². The predicted octanol–water partition coefficient (Wildman–Crippen LogP) is 4.90. The van der Waals surface area contributed by atoms with E-state index in [9.17, 15) is 0 Å². The molecule has 0 radical (unpaired) electrons. The second-order valence-corrected chi connectivity index (χ2v) is 9.10. The summed E-state index contributed by atoms with van der Waals surface area (Å²) in [7, 11) is 4.45. The molecule has 0 saturated heterocycles. The number of likely N-dealkylation sites (N-methyl/N-ethyl adjacent to an activating group) is 2. The summed E-state index contributed by atoms with van der Waals surface area (Å²) < 4.78 is 0. The highest BCUT2D eigenvalue weighted by molar-refractivity contribution is 8.05. The maximum absolute atomic E-state index is 2.45. The lowest BCUT2D eigenvalue weighted by atomic mass is 10.1. The van der Waals surface area contributed by atoms with Crippen LogP contribution in [0, 0.1) is 0 Å². The molecule has 0 unspecified atom stereocenters. The van der Waals surface area contributed by atoms with Gasteiger partial charge in [0, 0.05) is 23.9 Å². The van der Waals surface area contributed by atoms with Gasteiger partial charge in [0.25, 0.3) is 0 Å². The van der Waals surface area contributed by atoms with E-state index in [1.807, 2.05) is 23.5 Å². The van der Waals surface area contributed by atoms with Crippen LogP contribution in [0.25, 0.3) is 0 Å². The summed E-state index contributed by atoms with van der Waals surface area (Å²) in [6, 6.07) is 17.4. The van der Waals surface area contributed by atoms with E-state index < -0.39 is 0 Å². The number of anilines is 2. The maximum Gasteiger partial charge on any atom is 0.120 e. The fourth-order valence-electron chi connectivity index (χ4n) is 3.48. The Morgan fingerprint density at radius 3 is 1.41 bits per heavy atom. The molecule has 2 aromatic carbocycles. The number of nitrogens with zero attached hydrogens (tertiary/aromatic N) is 2. The van der Waals surface area contributed by atoms with Gasteiger partial charge in [-0.25, -0.2) is 0 Å². The van der Waals surface area contributed by atoms with Crippen LogP contribution in [0.1, 0.15) is 13.8 Å². The smallest absolute Gasteiger partial charge is 0.120 e. The van der Waals surface area contributed by atoms with Crippen LogP contribution >= 0.6 is 23.5 Å². The number of para-hydroxylation sites is 2. The van der Waals surface area contributed by atoms with E-state index in [1.54, 1.807) is 0 Å². The van der Waals surface area contributed by atoms with E-state index in [4.69, 9.17) is 0 Å². The Morgan fingerprint density at radius 2 is 1.05 bits per heavy atom.